The maximum absolute atomic E-state index is 13.7. The van der Waals surface area contributed by atoms with Gasteiger partial charge in [0.15, 0.2) is 5.82 Å². The van der Waals surface area contributed by atoms with Crippen LogP contribution in [0.15, 0.2) is 22.9 Å². The molecule has 0 saturated carbocycles. The zero-order valence-corrected chi connectivity index (χ0v) is 12.9. The quantitative estimate of drug-likeness (QED) is 0.816. The summed E-state index contributed by atoms with van der Waals surface area (Å²) in [5.74, 6) is -1.08. The van der Waals surface area contributed by atoms with Crippen LogP contribution in [0, 0.1) is 11.6 Å². The Morgan fingerprint density at radius 2 is 1.95 bits per heavy atom. The molecule has 8 heteroatoms. The van der Waals surface area contributed by atoms with Crippen LogP contribution in [0.2, 0.25) is 0 Å². The molecular formula is C13H13BrF2N4O. The number of hydrogen-bond acceptors (Lipinski definition) is 5. The molecule has 0 radical (unpaired) electrons. The van der Waals surface area contributed by atoms with Crippen LogP contribution in [0.3, 0.4) is 0 Å². The molecular weight excluding hydrogens is 346 g/mol. The number of nitrogens with two attached hydrogens (primary N) is 1. The molecule has 0 spiro atoms. The Bertz CT molecular complexity index is 667. The number of rotatable bonds is 4. The molecule has 0 aliphatic carbocycles. The topological polar surface area (TPSA) is 73.1 Å². The highest BCUT2D eigenvalue weighted by Crippen LogP contribution is 2.31. The predicted octanol–water partition coefficient (Wildman–Crippen LogP) is 3.63. The van der Waals surface area contributed by atoms with Gasteiger partial charge in [-0.2, -0.15) is 4.98 Å². The molecule has 0 fully saturated rings. The molecule has 2 rings (SSSR count). The van der Waals surface area contributed by atoms with E-state index in [-0.39, 0.29) is 33.6 Å². The van der Waals surface area contributed by atoms with E-state index in [1.807, 2.05) is 13.8 Å². The van der Waals surface area contributed by atoms with Crippen molar-refractivity contribution in [3.05, 3.63) is 34.6 Å². The second kappa shape index (κ2) is 6.21. The predicted molar refractivity (Wildman–Crippen MR) is 79.5 cm³/mol. The fourth-order valence-electron chi connectivity index (χ4n) is 1.54. The average molecular weight is 359 g/mol. The smallest absolute Gasteiger partial charge is 0.242 e. The van der Waals surface area contributed by atoms with E-state index in [4.69, 9.17) is 10.5 Å². The van der Waals surface area contributed by atoms with Gasteiger partial charge >= 0.3 is 0 Å². The lowest BCUT2D eigenvalue weighted by molar-refractivity contribution is 0.234. The van der Waals surface area contributed by atoms with E-state index in [0.717, 1.165) is 6.07 Å². The standard InChI is InChI=1S/C13H13BrF2N4O/c1-6(2)21-13-11(17)12(18-5-19-13)20-10-3-7(14)8(15)4-9(10)16/h3-6H,17H2,1-2H3,(H,18,19,20). The number of hydrogen-bond donors (Lipinski definition) is 2. The Morgan fingerprint density at radius 1 is 1.24 bits per heavy atom. The molecule has 21 heavy (non-hydrogen) atoms. The molecule has 0 unspecified atom stereocenters. The van der Waals surface area contributed by atoms with Gasteiger partial charge in [-0.1, -0.05) is 0 Å². The minimum Gasteiger partial charge on any atom is -0.473 e. The summed E-state index contributed by atoms with van der Waals surface area (Å²) in [6, 6.07) is 2.02. The molecule has 2 aromatic rings. The fourth-order valence-corrected chi connectivity index (χ4v) is 1.89. The summed E-state index contributed by atoms with van der Waals surface area (Å²) in [5.41, 5.74) is 6.05. The summed E-state index contributed by atoms with van der Waals surface area (Å²) in [5, 5.41) is 2.69. The number of benzene rings is 1. The molecule has 0 saturated heterocycles. The maximum Gasteiger partial charge on any atom is 0.242 e. The largest absolute Gasteiger partial charge is 0.473 e. The summed E-state index contributed by atoms with van der Waals surface area (Å²) in [4.78, 5) is 7.85. The lowest BCUT2D eigenvalue weighted by Gasteiger charge is -2.14. The molecule has 1 heterocycles. The Labute approximate surface area is 128 Å². The van der Waals surface area contributed by atoms with Crippen LogP contribution in [-0.2, 0) is 0 Å². The molecule has 0 bridgehead atoms. The van der Waals surface area contributed by atoms with Crippen molar-refractivity contribution in [3.63, 3.8) is 0 Å². The van der Waals surface area contributed by atoms with Crippen LogP contribution >= 0.6 is 15.9 Å². The second-order valence-electron chi connectivity index (χ2n) is 4.48. The van der Waals surface area contributed by atoms with Crippen molar-refractivity contribution in [1.29, 1.82) is 0 Å². The molecule has 0 amide bonds. The third-order valence-corrected chi connectivity index (χ3v) is 3.07. The first kappa shape index (κ1) is 15.4. The van der Waals surface area contributed by atoms with Crippen molar-refractivity contribution in [1.82, 2.24) is 9.97 Å². The highest BCUT2D eigenvalue weighted by atomic mass is 79.9. The van der Waals surface area contributed by atoms with E-state index in [1.54, 1.807) is 0 Å². The normalized spacial score (nSPS) is 10.8. The van der Waals surface area contributed by atoms with Gasteiger partial charge in [0.05, 0.1) is 16.3 Å². The van der Waals surface area contributed by atoms with Gasteiger partial charge in [-0.05, 0) is 35.8 Å². The Hall–Kier alpha value is -1.96. The Kier molecular flexibility index (Phi) is 4.56. The number of halogens is 3. The van der Waals surface area contributed by atoms with Crippen LogP contribution in [0.4, 0.5) is 26.0 Å². The van der Waals surface area contributed by atoms with Crippen molar-refractivity contribution < 1.29 is 13.5 Å². The maximum atomic E-state index is 13.7. The van der Waals surface area contributed by atoms with Crippen molar-refractivity contribution in [2.45, 2.75) is 20.0 Å². The van der Waals surface area contributed by atoms with Crippen LogP contribution in [0.25, 0.3) is 0 Å². The molecule has 112 valence electrons. The van der Waals surface area contributed by atoms with Gasteiger partial charge in [-0.15, -0.1) is 0 Å². The van der Waals surface area contributed by atoms with Crippen molar-refractivity contribution in [3.8, 4) is 5.88 Å². The van der Waals surface area contributed by atoms with Gasteiger partial charge in [-0.25, -0.2) is 13.8 Å². The zero-order valence-electron chi connectivity index (χ0n) is 11.3. The number of ether oxygens (including phenoxy) is 1. The van der Waals surface area contributed by atoms with E-state index in [0.29, 0.717) is 0 Å². The third kappa shape index (κ3) is 3.57. The van der Waals surface area contributed by atoms with Gasteiger partial charge in [0.1, 0.15) is 23.6 Å². The molecule has 1 aromatic heterocycles. The van der Waals surface area contributed by atoms with Gasteiger partial charge in [0, 0.05) is 6.07 Å². The molecule has 3 N–H and O–H groups in total. The highest BCUT2D eigenvalue weighted by molar-refractivity contribution is 9.10. The second-order valence-corrected chi connectivity index (χ2v) is 5.33. The van der Waals surface area contributed by atoms with Gasteiger partial charge in [-0.3, -0.25) is 0 Å². The summed E-state index contributed by atoms with van der Waals surface area (Å²) in [6.07, 6.45) is 1.12. The first-order valence-electron chi connectivity index (χ1n) is 6.07. The van der Waals surface area contributed by atoms with Gasteiger partial charge in [0.25, 0.3) is 0 Å². The Morgan fingerprint density at radius 3 is 2.62 bits per heavy atom. The third-order valence-electron chi connectivity index (χ3n) is 2.46. The molecule has 5 nitrogen and oxygen atoms in total. The SMILES string of the molecule is CC(C)Oc1ncnc(Nc2cc(Br)c(F)cc2F)c1N. The van der Waals surface area contributed by atoms with Crippen molar-refractivity contribution >= 4 is 33.1 Å². The highest BCUT2D eigenvalue weighted by Gasteiger charge is 2.14. The zero-order chi connectivity index (χ0) is 15.6. The van der Waals surface area contributed by atoms with Gasteiger partial charge < -0.3 is 15.8 Å². The molecule has 0 atom stereocenters. The number of aromatic nitrogens is 2. The molecule has 0 aliphatic heterocycles. The molecule has 0 aliphatic rings. The van der Waals surface area contributed by atoms with Crippen LogP contribution < -0.4 is 15.8 Å². The summed E-state index contributed by atoms with van der Waals surface area (Å²) < 4.78 is 32.5. The number of nitrogens with zero attached hydrogens (tertiary/aromatic N) is 2. The van der Waals surface area contributed by atoms with E-state index in [1.165, 1.54) is 12.4 Å². The Balaban J connectivity index is 2.34. The first-order chi connectivity index (χ1) is 9.88. The van der Waals surface area contributed by atoms with Crippen molar-refractivity contribution in [2.24, 2.45) is 0 Å². The number of nitrogens with one attached hydrogen (secondary N) is 1. The number of nitrogen functional groups attached to an aromatic ring is 1. The van der Waals surface area contributed by atoms with Crippen LogP contribution in [0.5, 0.6) is 5.88 Å². The summed E-state index contributed by atoms with van der Waals surface area (Å²) in [6.45, 7) is 3.65. The monoisotopic (exact) mass is 358 g/mol. The van der Waals surface area contributed by atoms with Crippen LogP contribution in [-0.4, -0.2) is 16.1 Å². The van der Waals surface area contributed by atoms with Crippen molar-refractivity contribution in [2.75, 3.05) is 11.1 Å². The fraction of sp³-hybridized carbons (Fsp3) is 0.231. The van der Waals surface area contributed by atoms with Crippen LogP contribution in [0.1, 0.15) is 13.8 Å². The summed E-state index contributed by atoms with van der Waals surface area (Å²) >= 11 is 2.99. The lowest BCUT2D eigenvalue weighted by atomic mass is 10.3. The molecule has 1 aromatic carbocycles. The van der Waals surface area contributed by atoms with E-state index >= 15 is 0 Å². The lowest BCUT2D eigenvalue weighted by Crippen LogP contribution is -2.11. The minimum atomic E-state index is -0.764. The van der Waals surface area contributed by atoms with E-state index in [9.17, 15) is 8.78 Å². The average Bonchev–Trinajstić information content (AvgIpc) is 2.40. The van der Waals surface area contributed by atoms with Gasteiger partial charge in [0.2, 0.25) is 5.88 Å². The minimum absolute atomic E-state index is 0.0316. The summed E-state index contributed by atoms with van der Waals surface area (Å²) in [7, 11) is 0. The van der Waals surface area contributed by atoms with E-state index in [2.05, 4.69) is 31.2 Å². The first-order valence-corrected chi connectivity index (χ1v) is 6.86. The van der Waals surface area contributed by atoms with E-state index < -0.39 is 11.6 Å². The number of anilines is 3.